The molecule has 2 nitrogen and oxygen atoms in total. The van der Waals surface area contributed by atoms with E-state index in [9.17, 15) is 0 Å². The van der Waals surface area contributed by atoms with Crippen molar-refractivity contribution in [2.75, 3.05) is 11.1 Å². The van der Waals surface area contributed by atoms with Crippen molar-refractivity contribution in [1.82, 2.24) is 4.98 Å². The van der Waals surface area contributed by atoms with Gasteiger partial charge in [0.15, 0.2) is 0 Å². The molecule has 0 aliphatic heterocycles. The molecule has 0 spiro atoms. The van der Waals surface area contributed by atoms with Gasteiger partial charge in [0.05, 0.1) is 0 Å². The minimum absolute atomic E-state index is 0.867. The monoisotopic (exact) mass is 322 g/mol. The Balaban J connectivity index is 2.10. The van der Waals surface area contributed by atoms with Gasteiger partial charge in [-0.05, 0) is 64.5 Å². The van der Waals surface area contributed by atoms with E-state index in [2.05, 4.69) is 64.3 Å². The number of benzene rings is 1. The molecule has 1 aromatic heterocycles. The second kappa shape index (κ2) is 6.25. The van der Waals surface area contributed by atoms with Gasteiger partial charge in [0.1, 0.15) is 5.82 Å². The maximum atomic E-state index is 4.33. The van der Waals surface area contributed by atoms with Gasteiger partial charge in [-0.25, -0.2) is 4.98 Å². The Bertz CT molecular complexity index is 526. The molecule has 0 aliphatic carbocycles. The first-order chi connectivity index (χ1) is 8.69. The fraction of sp³-hybridized carbons (Fsp3) is 0.214. The third kappa shape index (κ3) is 3.50. The third-order valence-electron chi connectivity index (χ3n) is 2.48. The summed E-state index contributed by atoms with van der Waals surface area (Å²) in [6.07, 6.45) is 1.82. The molecule has 0 aliphatic rings. The van der Waals surface area contributed by atoms with Crippen molar-refractivity contribution in [2.45, 2.75) is 18.7 Å². The average molecular weight is 323 g/mol. The third-order valence-corrected chi connectivity index (χ3v) is 4.21. The normalized spacial score (nSPS) is 10.4. The van der Waals surface area contributed by atoms with E-state index in [1.807, 2.05) is 24.0 Å². The maximum absolute atomic E-state index is 4.33. The molecule has 0 saturated heterocycles. The molecule has 0 amide bonds. The first-order valence-corrected chi connectivity index (χ1v) is 7.59. The van der Waals surface area contributed by atoms with Crippen molar-refractivity contribution in [2.24, 2.45) is 0 Å². The Hall–Kier alpha value is -1.00. The molecule has 2 aromatic rings. The highest BCUT2D eigenvalue weighted by Gasteiger charge is 2.00. The number of aryl methyl sites for hydroxylation is 1. The molecule has 2 rings (SSSR count). The maximum Gasteiger partial charge on any atom is 0.130 e. The quantitative estimate of drug-likeness (QED) is 0.801. The molecule has 0 fully saturated rings. The van der Waals surface area contributed by atoms with Gasteiger partial charge >= 0.3 is 0 Å². The van der Waals surface area contributed by atoms with Crippen molar-refractivity contribution in [1.29, 1.82) is 0 Å². The number of pyridine rings is 1. The summed E-state index contributed by atoms with van der Waals surface area (Å²) in [5.41, 5.74) is 2.23. The van der Waals surface area contributed by atoms with E-state index in [-0.39, 0.29) is 0 Å². The lowest BCUT2D eigenvalue weighted by molar-refractivity contribution is 1.25. The SMILES string of the molecule is CCSc1ccc(Nc2cc(C)c(Br)cn2)cc1. The molecule has 0 saturated carbocycles. The van der Waals surface area contributed by atoms with Crippen LogP contribution >= 0.6 is 27.7 Å². The van der Waals surface area contributed by atoms with Crippen LogP contribution < -0.4 is 5.32 Å². The van der Waals surface area contributed by atoms with Crippen LogP contribution in [0.2, 0.25) is 0 Å². The van der Waals surface area contributed by atoms with E-state index >= 15 is 0 Å². The van der Waals surface area contributed by atoms with Crippen LogP contribution in [0.25, 0.3) is 0 Å². The van der Waals surface area contributed by atoms with Gasteiger partial charge < -0.3 is 5.32 Å². The fourth-order valence-electron chi connectivity index (χ4n) is 1.56. The van der Waals surface area contributed by atoms with Crippen molar-refractivity contribution in [3.63, 3.8) is 0 Å². The lowest BCUT2D eigenvalue weighted by Crippen LogP contribution is -1.94. The second-order valence-corrected chi connectivity index (χ2v) is 6.09. The van der Waals surface area contributed by atoms with Crippen molar-refractivity contribution >= 4 is 39.2 Å². The Morgan fingerprint density at radius 1 is 1.28 bits per heavy atom. The number of halogens is 1. The van der Waals surface area contributed by atoms with Crippen LogP contribution in [0.4, 0.5) is 11.5 Å². The molecule has 1 aromatic carbocycles. The average Bonchev–Trinajstić information content (AvgIpc) is 2.37. The van der Waals surface area contributed by atoms with Crippen LogP contribution in [0.1, 0.15) is 12.5 Å². The zero-order chi connectivity index (χ0) is 13.0. The molecule has 1 N–H and O–H groups in total. The molecule has 94 valence electrons. The molecule has 0 atom stereocenters. The topological polar surface area (TPSA) is 24.9 Å². The highest BCUT2D eigenvalue weighted by Crippen LogP contribution is 2.23. The van der Waals surface area contributed by atoms with Gasteiger partial charge in [-0.2, -0.15) is 0 Å². The smallest absolute Gasteiger partial charge is 0.130 e. The minimum Gasteiger partial charge on any atom is -0.340 e. The fourth-order valence-corrected chi connectivity index (χ4v) is 2.44. The van der Waals surface area contributed by atoms with E-state index in [0.717, 1.165) is 21.7 Å². The summed E-state index contributed by atoms with van der Waals surface area (Å²) >= 11 is 5.29. The second-order valence-electron chi connectivity index (χ2n) is 3.90. The van der Waals surface area contributed by atoms with Crippen LogP contribution in [0.3, 0.4) is 0 Å². The summed E-state index contributed by atoms with van der Waals surface area (Å²) in [4.78, 5) is 5.62. The molecule has 4 heteroatoms. The summed E-state index contributed by atoms with van der Waals surface area (Å²) in [7, 11) is 0. The highest BCUT2D eigenvalue weighted by atomic mass is 79.9. The first-order valence-electron chi connectivity index (χ1n) is 5.81. The van der Waals surface area contributed by atoms with E-state index in [1.54, 1.807) is 0 Å². The standard InChI is InChI=1S/C14H15BrN2S/c1-3-18-12-6-4-11(5-7-12)17-14-8-10(2)13(15)9-16-14/h4-9H,3H2,1-2H3,(H,16,17). The van der Waals surface area contributed by atoms with Gasteiger partial charge in [-0.1, -0.05) is 6.92 Å². The molecule has 18 heavy (non-hydrogen) atoms. The number of anilines is 2. The molecule has 0 bridgehead atoms. The largest absolute Gasteiger partial charge is 0.340 e. The predicted molar refractivity (Wildman–Crippen MR) is 82.8 cm³/mol. The zero-order valence-corrected chi connectivity index (χ0v) is 12.8. The number of hydrogen-bond acceptors (Lipinski definition) is 3. The Morgan fingerprint density at radius 2 is 2.00 bits per heavy atom. The number of rotatable bonds is 4. The molecule has 0 unspecified atom stereocenters. The summed E-state index contributed by atoms with van der Waals surface area (Å²) in [6, 6.07) is 10.4. The molecule has 0 radical (unpaired) electrons. The number of thioether (sulfide) groups is 1. The minimum atomic E-state index is 0.867. The van der Waals surface area contributed by atoms with Crippen LogP contribution in [0.15, 0.2) is 45.9 Å². The Labute approximate surface area is 120 Å². The van der Waals surface area contributed by atoms with Crippen LogP contribution in [0, 0.1) is 6.92 Å². The molecular formula is C14H15BrN2S. The van der Waals surface area contributed by atoms with Crippen molar-refractivity contribution in [3.05, 3.63) is 46.6 Å². The van der Waals surface area contributed by atoms with Gasteiger partial charge in [0.25, 0.3) is 0 Å². The van der Waals surface area contributed by atoms with Crippen LogP contribution in [-0.4, -0.2) is 10.7 Å². The first kappa shape index (κ1) is 13.4. The summed E-state index contributed by atoms with van der Waals surface area (Å²) in [5, 5.41) is 3.30. The van der Waals surface area contributed by atoms with E-state index in [1.165, 1.54) is 10.5 Å². The van der Waals surface area contributed by atoms with Gasteiger partial charge in [-0.3, -0.25) is 0 Å². The van der Waals surface area contributed by atoms with E-state index < -0.39 is 0 Å². The van der Waals surface area contributed by atoms with Crippen LogP contribution in [0.5, 0.6) is 0 Å². The summed E-state index contributed by atoms with van der Waals surface area (Å²) in [6.45, 7) is 4.21. The van der Waals surface area contributed by atoms with Crippen molar-refractivity contribution in [3.8, 4) is 0 Å². The van der Waals surface area contributed by atoms with Crippen LogP contribution in [-0.2, 0) is 0 Å². The number of aromatic nitrogens is 1. The Morgan fingerprint density at radius 3 is 2.61 bits per heavy atom. The van der Waals surface area contributed by atoms with Crippen molar-refractivity contribution < 1.29 is 0 Å². The summed E-state index contributed by atoms with van der Waals surface area (Å²) in [5.74, 6) is 1.96. The van der Waals surface area contributed by atoms with Gasteiger partial charge in [0, 0.05) is 21.3 Å². The number of nitrogens with zero attached hydrogens (tertiary/aromatic N) is 1. The molecular weight excluding hydrogens is 308 g/mol. The Kier molecular flexibility index (Phi) is 4.66. The molecule has 1 heterocycles. The number of hydrogen-bond donors (Lipinski definition) is 1. The summed E-state index contributed by atoms with van der Waals surface area (Å²) < 4.78 is 1.03. The van der Waals surface area contributed by atoms with E-state index in [0.29, 0.717) is 0 Å². The van der Waals surface area contributed by atoms with Gasteiger partial charge in [0.2, 0.25) is 0 Å². The number of nitrogens with one attached hydrogen (secondary N) is 1. The lowest BCUT2D eigenvalue weighted by Gasteiger charge is -2.07. The van der Waals surface area contributed by atoms with Gasteiger partial charge in [-0.15, -0.1) is 11.8 Å². The zero-order valence-electron chi connectivity index (χ0n) is 10.4. The van der Waals surface area contributed by atoms with E-state index in [4.69, 9.17) is 0 Å². The highest BCUT2D eigenvalue weighted by molar-refractivity contribution is 9.10. The predicted octanol–water partition coefficient (Wildman–Crippen LogP) is 5.01. The lowest BCUT2D eigenvalue weighted by atomic mass is 10.3.